The number of carbonyl (C=O) groups is 2. The molecule has 0 aliphatic carbocycles. The van der Waals surface area contributed by atoms with Crippen molar-refractivity contribution < 1.29 is 14.1 Å². The minimum absolute atomic E-state index is 0.0682. The number of hydrogen-bond donors (Lipinski definition) is 1. The lowest BCUT2D eigenvalue weighted by Gasteiger charge is -2.19. The maximum absolute atomic E-state index is 12.8. The van der Waals surface area contributed by atoms with E-state index in [1.54, 1.807) is 11.8 Å². The van der Waals surface area contributed by atoms with Crippen molar-refractivity contribution in [2.24, 2.45) is 5.10 Å². The number of nitrogens with zero attached hydrogens (tertiary/aromatic N) is 4. The van der Waals surface area contributed by atoms with Crippen LogP contribution in [-0.2, 0) is 9.59 Å². The Morgan fingerprint density at radius 1 is 1.19 bits per heavy atom. The van der Waals surface area contributed by atoms with E-state index in [0.717, 1.165) is 5.56 Å². The number of aryl methyl sites for hydroxylation is 1. The van der Waals surface area contributed by atoms with E-state index in [0.29, 0.717) is 36.9 Å². The minimum Gasteiger partial charge on any atom is -0.339 e. The molecule has 3 heterocycles. The van der Waals surface area contributed by atoms with Gasteiger partial charge in [-0.25, -0.2) is 5.43 Å². The van der Waals surface area contributed by atoms with Gasteiger partial charge in [0, 0.05) is 31.8 Å². The average molecular weight is 353 g/mol. The van der Waals surface area contributed by atoms with Crippen LogP contribution in [0.5, 0.6) is 0 Å². The molecule has 1 fully saturated rings. The third-order valence-corrected chi connectivity index (χ3v) is 4.85. The van der Waals surface area contributed by atoms with Crippen LogP contribution in [0.15, 0.2) is 40.0 Å². The van der Waals surface area contributed by atoms with Crippen LogP contribution in [0.3, 0.4) is 0 Å². The first kappa shape index (κ1) is 16.4. The molecule has 1 aromatic carbocycles. The molecule has 26 heavy (non-hydrogen) atoms. The van der Waals surface area contributed by atoms with Crippen molar-refractivity contribution >= 4 is 17.5 Å². The number of hydrazone groups is 1. The molecule has 0 spiro atoms. The average Bonchev–Trinajstić information content (AvgIpc) is 3.29. The van der Waals surface area contributed by atoms with E-state index in [4.69, 9.17) is 4.52 Å². The molecule has 1 N–H and O–H groups in total. The van der Waals surface area contributed by atoms with Crippen molar-refractivity contribution in [3.63, 3.8) is 0 Å². The second-order valence-electron chi connectivity index (χ2n) is 6.61. The van der Waals surface area contributed by atoms with Gasteiger partial charge in [-0.2, -0.15) is 10.1 Å². The van der Waals surface area contributed by atoms with Crippen molar-refractivity contribution in [3.8, 4) is 0 Å². The normalized spacial score (nSPS) is 22.9. The molecule has 0 radical (unpaired) electrons. The molecule has 8 nitrogen and oxygen atoms in total. The topological polar surface area (TPSA) is 101 Å². The van der Waals surface area contributed by atoms with Crippen LogP contribution in [0.2, 0.25) is 0 Å². The Labute approximate surface area is 150 Å². The van der Waals surface area contributed by atoms with Crippen molar-refractivity contribution in [3.05, 3.63) is 47.6 Å². The SMILES string of the molecule is Cc1noc([C@@H]2CN(C(=O)C3=NNC(=O)CC3)C[C@@H]2c2ccccc2)n1. The molecule has 0 bridgehead atoms. The molecule has 0 saturated carbocycles. The van der Waals surface area contributed by atoms with Crippen molar-refractivity contribution in [2.45, 2.75) is 31.6 Å². The van der Waals surface area contributed by atoms with Gasteiger partial charge in [0.05, 0.1) is 5.92 Å². The van der Waals surface area contributed by atoms with Gasteiger partial charge in [-0.1, -0.05) is 35.5 Å². The molecule has 8 heteroatoms. The molecular weight excluding hydrogens is 334 g/mol. The molecule has 2 aromatic rings. The second kappa shape index (κ2) is 6.70. The van der Waals surface area contributed by atoms with Crippen molar-refractivity contribution in [2.75, 3.05) is 13.1 Å². The van der Waals surface area contributed by atoms with Crippen LogP contribution in [0.25, 0.3) is 0 Å². The number of rotatable bonds is 3. The molecule has 1 saturated heterocycles. The number of hydrogen-bond acceptors (Lipinski definition) is 6. The molecule has 2 atom stereocenters. The molecule has 1 aromatic heterocycles. The van der Waals surface area contributed by atoms with Crippen LogP contribution in [0.4, 0.5) is 0 Å². The predicted octanol–water partition coefficient (Wildman–Crippen LogP) is 1.35. The standard InChI is InChI=1S/C18H19N5O3/c1-11-19-17(26-22-11)14-10-23(9-13(14)12-5-3-2-4-6-12)18(25)15-7-8-16(24)21-20-15/h2-6,13-14H,7-10H2,1H3,(H,21,24)/t13-,14-/m1/s1. The summed E-state index contributed by atoms with van der Waals surface area (Å²) in [5, 5.41) is 7.83. The molecule has 0 unspecified atom stereocenters. The maximum Gasteiger partial charge on any atom is 0.270 e. The molecule has 134 valence electrons. The summed E-state index contributed by atoms with van der Waals surface area (Å²) < 4.78 is 5.40. The second-order valence-corrected chi connectivity index (χ2v) is 6.61. The summed E-state index contributed by atoms with van der Waals surface area (Å²) in [6.45, 7) is 2.80. The van der Waals surface area contributed by atoms with Gasteiger partial charge in [0.2, 0.25) is 11.8 Å². The van der Waals surface area contributed by atoms with Crippen LogP contribution in [0.1, 0.15) is 42.0 Å². The number of carbonyl (C=O) groups excluding carboxylic acids is 2. The maximum atomic E-state index is 12.8. The van der Waals surface area contributed by atoms with Crippen molar-refractivity contribution in [1.29, 1.82) is 0 Å². The van der Waals surface area contributed by atoms with Gasteiger partial charge in [0.1, 0.15) is 5.71 Å². The zero-order valence-electron chi connectivity index (χ0n) is 14.4. The first-order valence-electron chi connectivity index (χ1n) is 8.61. The Morgan fingerprint density at radius 3 is 2.62 bits per heavy atom. The number of amides is 2. The van der Waals surface area contributed by atoms with E-state index in [-0.39, 0.29) is 30.1 Å². The number of aromatic nitrogens is 2. The highest BCUT2D eigenvalue weighted by Gasteiger charge is 2.41. The Morgan fingerprint density at radius 2 is 1.96 bits per heavy atom. The largest absolute Gasteiger partial charge is 0.339 e. The molecule has 2 amide bonds. The van der Waals surface area contributed by atoms with E-state index < -0.39 is 0 Å². The van der Waals surface area contributed by atoms with Crippen LogP contribution >= 0.6 is 0 Å². The highest BCUT2D eigenvalue weighted by molar-refractivity contribution is 6.39. The lowest BCUT2D eigenvalue weighted by Crippen LogP contribution is -2.39. The fraction of sp³-hybridized carbons (Fsp3) is 0.389. The van der Waals surface area contributed by atoms with E-state index in [1.807, 2.05) is 30.3 Å². The molecular formula is C18H19N5O3. The van der Waals surface area contributed by atoms with Gasteiger partial charge in [-0.05, 0) is 12.5 Å². The summed E-state index contributed by atoms with van der Waals surface area (Å²) >= 11 is 0. The van der Waals surface area contributed by atoms with Gasteiger partial charge in [-0.15, -0.1) is 0 Å². The van der Waals surface area contributed by atoms with E-state index in [1.165, 1.54) is 0 Å². The lowest BCUT2D eigenvalue weighted by molar-refractivity contribution is -0.123. The summed E-state index contributed by atoms with van der Waals surface area (Å²) in [7, 11) is 0. The Balaban J connectivity index is 1.61. The van der Waals surface area contributed by atoms with Crippen LogP contribution in [0, 0.1) is 6.92 Å². The predicted molar refractivity (Wildman–Crippen MR) is 92.4 cm³/mol. The zero-order valence-corrected chi connectivity index (χ0v) is 14.4. The first-order chi connectivity index (χ1) is 12.6. The van der Waals surface area contributed by atoms with Gasteiger partial charge >= 0.3 is 0 Å². The molecule has 2 aliphatic rings. The van der Waals surface area contributed by atoms with E-state index in [9.17, 15) is 9.59 Å². The highest BCUT2D eigenvalue weighted by atomic mass is 16.5. The van der Waals surface area contributed by atoms with Crippen LogP contribution < -0.4 is 5.43 Å². The van der Waals surface area contributed by atoms with Gasteiger partial charge in [0.25, 0.3) is 5.91 Å². The smallest absolute Gasteiger partial charge is 0.270 e. The fourth-order valence-corrected chi connectivity index (χ4v) is 3.53. The fourth-order valence-electron chi connectivity index (χ4n) is 3.53. The summed E-state index contributed by atoms with van der Waals surface area (Å²) in [6, 6.07) is 10.0. The monoisotopic (exact) mass is 353 g/mol. The van der Waals surface area contributed by atoms with Crippen LogP contribution in [-0.4, -0.2) is 45.7 Å². The highest BCUT2D eigenvalue weighted by Crippen LogP contribution is 2.39. The number of likely N-dealkylation sites (tertiary alicyclic amines) is 1. The zero-order chi connectivity index (χ0) is 18.1. The summed E-state index contributed by atoms with van der Waals surface area (Å²) in [4.78, 5) is 30.2. The first-order valence-corrected chi connectivity index (χ1v) is 8.61. The molecule has 4 rings (SSSR count). The van der Waals surface area contributed by atoms with Gasteiger partial charge in [0.15, 0.2) is 5.82 Å². The Bertz CT molecular complexity index is 861. The quantitative estimate of drug-likeness (QED) is 0.898. The summed E-state index contributed by atoms with van der Waals surface area (Å²) in [5.41, 5.74) is 3.90. The van der Waals surface area contributed by atoms with Gasteiger partial charge in [-0.3, -0.25) is 9.59 Å². The Hall–Kier alpha value is -3.03. The van der Waals surface area contributed by atoms with E-state index >= 15 is 0 Å². The Kier molecular flexibility index (Phi) is 4.24. The minimum atomic E-state index is -0.163. The summed E-state index contributed by atoms with van der Waals surface area (Å²) in [6.07, 6.45) is 0.647. The number of nitrogens with one attached hydrogen (secondary N) is 1. The van der Waals surface area contributed by atoms with Gasteiger partial charge < -0.3 is 9.42 Å². The lowest BCUT2D eigenvalue weighted by atomic mass is 9.89. The third kappa shape index (κ3) is 3.10. The summed E-state index contributed by atoms with van der Waals surface area (Å²) in [5.74, 6) is 0.815. The van der Waals surface area contributed by atoms with Crippen molar-refractivity contribution in [1.82, 2.24) is 20.5 Å². The van der Waals surface area contributed by atoms with E-state index in [2.05, 4.69) is 20.7 Å². The molecule has 2 aliphatic heterocycles. The number of benzene rings is 1. The third-order valence-electron chi connectivity index (χ3n) is 4.85.